The molecule has 1 fully saturated rings. The fourth-order valence-corrected chi connectivity index (χ4v) is 3.77. The van der Waals surface area contributed by atoms with Gasteiger partial charge >= 0.3 is 0 Å². The van der Waals surface area contributed by atoms with Gasteiger partial charge in [-0.3, -0.25) is 0 Å². The lowest BCUT2D eigenvalue weighted by Gasteiger charge is -2.33. The van der Waals surface area contributed by atoms with E-state index in [0.29, 0.717) is 6.04 Å². The Bertz CT molecular complexity index is 403. The van der Waals surface area contributed by atoms with Crippen LogP contribution in [0.2, 0.25) is 0 Å². The zero-order valence-corrected chi connectivity index (χ0v) is 13.3. The van der Waals surface area contributed by atoms with Gasteiger partial charge in [-0.15, -0.1) is 0 Å². The fourth-order valence-electron chi connectivity index (χ4n) is 2.30. The second kappa shape index (κ2) is 5.72. The average molecular weight is 363 g/mol. The molecule has 0 spiro atoms. The number of hydrogen-bond acceptors (Lipinski definition) is 2. The van der Waals surface area contributed by atoms with Crippen molar-refractivity contribution in [2.24, 2.45) is 5.92 Å². The van der Waals surface area contributed by atoms with E-state index in [2.05, 4.69) is 50.2 Å². The van der Waals surface area contributed by atoms with E-state index in [-0.39, 0.29) is 0 Å². The summed E-state index contributed by atoms with van der Waals surface area (Å²) in [7, 11) is 1.71. The van der Waals surface area contributed by atoms with Crippen LogP contribution in [0.4, 0.5) is 0 Å². The molecule has 1 N–H and O–H groups in total. The molecule has 1 aromatic rings. The largest absolute Gasteiger partial charge is 0.495 e. The van der Waals surface area contributed by atoms with Gasteiger partial charge in [0.05, 0.1) is 11.6 Å². The van der Waals surface area contributed by atoms with Crippen molar-refractivity contribution in [1.82, 2.24) is 5.32 Å². The number of nitrogens with one attached hydrogen (secondary N) is 1. The number of ether oxygens (including phenoxy) is 1. The molecule has 0 radical (unpaired) electrons. The minimum absolute atomic E-state index is 0.674. The molecule has 0 atom stereocenters. The van der Waals surface area contributed by atoms with Crippen LogP contribution in [-0.4, -0.2) is 13.2 Å². The van der Waals surface area contributed by atoms with Crippen molar-refractivity contribution >= 4 is 31.9 Å². The summed E-state index contributed by atoms with van der Waals surface area (Å²) in [6.07, 6.45) is 2.58. The van der Waals surface area contributed by atoms with E-state index in [1.807, 2.05) is 6.07 Å². The molecule has 0 heterocycles. The van der Waals surface area contributed by atoms with Crippen molar-refractivity contribution in [3.05, 3.63) is 26.6 Å². The first-order valence-corrected chi connectivity index (χ1v) is 7.44. The lowest BCUT2D eigenvalue weighted by Crippen LogP contribution is -2.39. The van der Waals surface area contributed by atoms with E-state index >= 15 is 0 Å². The first kappa shape index (κ1) is 13.4. The van der Waals surface area contributed by atoms with Crippen LogP contribution in [0.15, 0.2) is 21.1 Å². The molecule has 0 saturated heterocycles. The van der Waals surface area contributed by atoms with Crippen molar-refractivity contribution in [2.45, 2.75) is 32.4 Å². The highest BCUT2D eigenvalue weighted by molar-refractivity contribution is 9.11. The van der Waals surface area contributed by atoms with E-state index in [1.165, 1.54) is 18.4 Å². The van der Waals surface area contributed by atoms with Gasteiger partial charge in [0.25, 0.3) is 0 Å². The van der Waals surface area contributed by atoms with Crippen molar-refractivity contribution < 1.29 is 4.74 Å². The van der Waals surface area contributed by atoms with Crippen molar-refractivity contribution in [3.8, 4) is 5.75 Å². The molecule has 4 heteroatoms. The number of hydrogen-bond donors (Lipinski definition) is 1. The van der Waals surface area contributed by atoms with Crippen LogP contribution in [-0.2, 0) is 6.54 Å². The molecule has 2 rings (SSSR count). The van der Waals surface area contributed by atoms with Crippen LogP contribution in [0.3, 0.4) is 0 Å². The smallest absolute Gasteiger partial charge is 0.137 e. The number of benzene rings is 1. The molecule has 1 aliphatic rings. The second-order valence-electron chi connectivity index (χ2n) is 4.73. The monoisotopic (exact) mass is 361 g/mol. The van der Waals surface area contributed by atoms with Crippen LogP contribution in [0, 0.1) is 5.92 Å². The summed E-state index contributed by atoms with van der Waals surface area (Å²) in [5.41, 5.74) is 1.19. The first-order chi connectivity index (χ1) is 8.10. The summed E-state index contributed by atoms with van der Waals surface area (Å²) in [6, 6.07) is 4.79. The van der Waals surface area contributed by atoms with Crippen LogP contribution < -0.4 is 10.1 Å². The third-order valence-electron chi connectivity index (χ3n) is 3.24. The maximum absolute atomic E-state index is 5.43. The summed E-state index contributed by atoms with van der Waals surface area (Å²) < 4.78 is 7.50. The van der Waals surface area contributed by atoms with Gasteiger partial charge in [0.15, 0.2) is 0 Å². The molecule has 2 nitrogen and oxygen atoms in total. The third-order valence-corrected chi connectivity index (χ3v) is 4.29. The normalized spacial score (nSPS) is 23.3. The molecule has 1 aromatic carbocycles. The molecular formula is C13H17Br2NO. The molecule has 94 valence electrons. The Morgan fingerprint density at radius 3 is 2.65 bits per heavy atom. The maximum Gasteiger partial charge on any atom is 0.137 e. The minimum atomic E-state index is 0.674. The summed E-state index contributed by atoms with van der Waals surface area (Å²) >= 11 is 7.03. The van der Waals surface area contributed by atoms with Crippen LogP contribution >= 0.6 is 31.9 Å². The van der Waals surface area contributed by atoms with Crippen LogP contribution in [0.25, 0.3) is 0 Å². The highest BCUT2D eigenvalue weighted by atomic mass is 79.9. The van der Waals surface area contributed by atoms with Gasteiger partial charge in [-0.05, 0) is 46.8 Å². The average Bonchev–Trinajstić information content (AvgIpc) is 2.22. The van der Waals surface area contributed by atoms with Gasteiger partial charge in [0.1, 0.15) is 5.75 Å². The molecular weight excluding hydrogens is 346 g/mol. The van der Waals surface area contributed by atoms with E-state index in [1.54, 1.807) is 7.11 Å². The predicted molar refractivity (Wildman–Crippen MR) is 77.4 cm³/mol. The Labute approximate surface area is 119 Å². The van der Waals surface area contributed by atoms with Crippen LogP contribution in [0.5, 0.6) is 5.75 Å². The molecule has 1 aliphatic carbocycles. The van der Waals surface area contributed by atoms with E-state index in [4.69, 9.17) is 4.74 Å². The van der Waals surface area contributed by atoms with Crippen molar-refractivity contribution in [2.75, 3.05) is 7.11 Å². The Morgan fingerprint density at radius 1 is 1.35 bits per heavy atom. The Hall–Kier alpha value is -0.0600. The molecule has 0 aromatic heterocycles. The Balaban J connectivity index is 2.03. The zero-order valence-electron chi connectivity index (χ0n) is 10.1. The topological polar surface area (TPSA) is 21.3 Å². The SMILES string of the molecule is COc1c(Br)cc(Br)cc1CNC1CC(C)C1. The first-order valence-electron chi connectivity index (χ1n) is 5.85. The van der Waals surface area contributed by atoms with E-state index in [9.17, 15) is 0 Å². The van der Waals surface area contributed by atoms with E-state index in [0.717, 1.165) is 27.2 Å². The number of methoxy groups -OCH3 is 1. The lowest BCUT2D eigenvalue weighted by molar-refractivity contribution is 0.239. The standard InChI is InChI=1S/C13H17Br2NO/c1-8-3-11(4-8)16-7-9-5-10(14)6-12(15)13(9)17-2/h5-6,8,11,16H,3-4,7H2,1-2H3. The summed E-state index contributed by atoms with van der Waals surface area (Å²) in [5, 5.41) is 3.57. The fraction of sp³-hybridized carbons (Fsp3) is 0.538. The zero-order chi connectivity index (χ0) is 12.4. The molecule has 0 aliphatic heterocycles. The highest BCUT2D eigenvalue weighted by Gasteiger charge is 2.24. The summed E-state index contributed by atoms with van der Waals surface area (Å²) in [6.45, 7) is 3.16. The maximum atomic E-state index is 5.43. The minimum Gasteiger partial charge on any atom is -0.495 e. The highest BCUT2D eigenvalue weighted by Crippen LogP contribution is 2.33. The second-order valence-corrected chi connectivity index (χ2v) is 6.50. The molecule has 0 unspecified atom stereocenters. The van der Waals surface area contributed by atoms with Gasteiger partial charge < -0.3 is 10.1 Å². The summed E-state index contributed by atoms with van der Waals surface area (Å²) in [5.74, 6) is 1.80. The van der Waals surface area contributed by atoms with E-state index < -0.39 is 0 Å². The lowest BCUT2D eigenvalue weighted by atomic mass is 9.82. The predicted octanol–water partition coefficient (Wildman–Crippen LogP) is 4.11. The Morgan fingerprint density at radius 2 is 2.06 bits per heavy atom. The van der Waals surface area contributed by atoms with Crippen molar-refractivity contribution in [1.29, 1.82) is 0 Å². The molecule has 0 bridgehead atoms. The van der Waals surface area contributed by atoms with Gasteiger partial charge in [-0.1, -0.05) is 22.9 Å². The number of halogens is 2. The Kier molecular flexibility index (Phi) is 4.50. The van der Waals surface area contributed by atoms with Crippen molar-refractivity contribution in [3.63, 3.8) is 0 Å². The van der Waals surface area contributed by atoms with Gasteiger partial charge in [-0.25, -0.2) is 0 Å². The molecule has 17 heavy (non-hydrogen) atoms. The number of rotatable bonds is 4. The van der Waals surface area contributed by atoms with Crippen LogP contribution in [0.1, 0.15) is 25.3 Å². The van der Waals surface area contributed by atoms with Gasteiger partial charge in [0.2, 0.25) is 0 Å². The summed E-state index contributed by atoms with van der Waals surface area (Å²) in [4.78, 5) is 0. The quantitative estimate of drug-likeness (QED) is 0.870. The third kappa shape index (κ3) is 3.24. The van der Waals surface area contributed by atoms with Gasteiger partial charge in [0, 0.05) is 22.6 Å². The molecule has 0 amide bonds. The van der Waals surface area contributed by atoms with Gasteiger partial charge in [-0.2, -0.15) is 0 Å². The molecule has 1 saturated carbocycles.